The first kappa shape index (κ1) is 19.4. The molecule has 0 radical (unpaired) electrons. The zero-order chi connectivity index (χ0) is 19.4. The molecule has 0 bridgehead atoms. The molecule has 1 heterocycles. The minimum absolute atomic E-state index is 0.00570. The quantitative estimate of drug-likeness (QED) is 0.878. The molecule has 2 aromatic rings. The molecule has 1 aliphatic heterocycles. The van der Waals surface area contributed by atoms with Gasteiger partial charge in [0.15, 0.2) is 0 Å². The zero-order valence-corrected chi connectivity index (χ0v) is 16.4. The molecule has 2 amide bonds. The van der Waals surface area contributed by atoms with Crippen LogP contribution in [0.4, 0.5) is 5.69 Å². The normalized spacial score (nSPS) is 14.9. The van der Waals surface area contributed by atoms with Gasteiger partial charge in [-0.1, -0.05) is 23.7 Å². The number of benzene rings is 2. The second kappa shape index (κ2) is 8.55. The van der Waals surface area contributed by atoms with Gasteiger partial charge in [0.2, 0.25) is 5.91 Å². The van der Waals surface area contributed by atoms with Crippen molar-refractivity contribution in [3.8, 4) is 0 Å². The van der Waals surface area contributed by atoms with Gasteiger partial charge in [0, 0.05) is 42.5 Å². The number of hydrogen-bond donors (Lipinski definition) is 1. The van der Waals surface area contributed by atoms with E-state index in [-0.39, 0.29) is 11.8 Å². The summed E-state index contributed by atoms with van der Waals surface area (Å²) in [5.41, 5.74) is 3.74. The number of halogens is 1. The molecule has 142 valence electrons. The second-order valence-electron chi connectivity index (χ2n) is 6.87. The molecule has 0 unspecified atom stereocenters. The molecule has 2 aromatic carbocycles. The average molecular weight is 386 g/mol. The number of rotatable bonds is 4. The van der Waals surface area contributed by atoms with Crippen molar-refractivity contribution in [3.63, 3.8) is 0 Å². The number of hydrogen-bond acceptors (Lipinski definition) is 3. The number of carbonyl (C=O) groups is 2. The standard InChI is InChI=1S/C21H24ClN3O2/c1-15-4-3-5-19(16(15)2)23-20(26)14-24-10-12-25(13-11-24)21(27)17-6-8-18(22)9-7-17/h3-9H,10-14H2,1-2H3,(H,23,26). The number of carbonyl (C=O) groups excluding carboxylic acids is 2. The highest BCUT2D eigenvalue weighted by Crippen LogP contribution is 2.18. The van der Waals surface area contributed by atoms with Gasteiger partial charge < -0.3 is 10.2 Å². The highest BCUT2D eigenvalue weighted by Gasteiger charge is 2.23. The Morgan fingerprint density at radius 2 is 1.67 bits per heavy atom. The lowest BCUT2D eigenvalue weighted by Crippen LogP contribution is -2.50. The van der Waals surface area contributed by atoms with Crippen LogP contribution in [-0.4, -0.2) is 54.3 Å². The Kier molecular flexibility index (Phi) is 6.14. The fourth-order valence-corrected chi connectivity index (χ4v) is 3.29. The van der Waals surface area contributed by atoms with Crippen molar-refractivity contribution < 1.29 is 9.59 Å². The maximum Gasteiger partial charge on any atom is 0.253 e. The summed E-state index contributed by atoms with van der Waals surface area (Å²) in [4.78, 5) is 28.8. The predicted octanol–water partition coefficient (Wildman–Crippen LogP) is 3.35. The molecule has 0 spiro atoms. The molecule has 0 aromatic heterocycles. The summed E-state index contributed by atoms with van der Waals surface area (Å²) in [7, 11) is 0. The van der Waals surface area contributed by atoms with Crippen LogP contribution in [0.3, 0.4) is 0 Å². The molecule has 1 saturated heterocycles. The lowest BCUT2D eigenvalue weighted by molar-refractivity contribution is -0.117. The summed E-state index contributed by atoms with van der Waals surface area (Å²) in [5, 5.41) is 3.61. The SMILES string of the molecule is Cc1cccc(NC(=O)CN2CCN(C(=O)c3ccc(Cl)cc3)CC2)c1C. The van der Waals surface area contributed by atoms with E-state index in [9.17, 15) is 9.59 Å². The Morgan fingerprint density at radius 1 is 1.00 bits per heavy atom. The average Bonchev–Trinajstić information content (AvgIpc) is 2.66. The van der Waals surface area contributed by atoms with Crippen molar-refractivity contribution >= 4 is 29.1 Å². The Bertz CT molecular complexity index is 828. The van der Waals surface area contributed by atoms with Crippen LogP contribution in [0, 0.1) is 13.8 Å². The lowest BCUT2D eigenvalue weighted by atomic mass is 10.1. The second-order valence-corrected chi connectivity index (χ2v) is 7.31. The van der Waals surface area contributed by atoms with Gasteiger partial charge in [-0.3, -0.25) is 14.5 Å². The van der Waals surface area contributed by atoms with Crippen molar-refractivity contribution in [2.75, 3.05) is 38.0 Å². The number of aryl methyl sites for hydroxylation is 1. The van der Waals surface area contributed by atoms with Gasteiger partial charge in [0.25, 0.3) is 5.91 Å². The van der Waals surface area contributed by atoms with Crippen LogP contribution in [0.15, 0.2) is 42.5 Å². The minimum atomic E-state index is -0.0267. The van der Waals surface area contributed by atoms with Crippen molar-refractivity contribution in [2.24, 2.45) is 0 Å². The molecule has 0 atom stereocenters. The third-order valence-corrected chi connectivity index (χ3v) is 5.25. The first-order chi connectivity index (χ1) is 12.9. The Labute approximate surface area is 164 Å². The first-order valence-electron chi connectivity index (χ1n) is 9.07. The van der Waals surface area contributed by atoms with E-state index in [0.717, 1.165) is 16.8 Å². The fourth-order valence-electron chi connectivity index (χ4n) is 3.16. The number of nitrogens with one attached hydrogen (secondary N) is 1. The van der Waals surface area contributed by atoms with Gasteiger partial charge in [0.05, 0.1) is 6.54 Å². The number of amides is 2. The van der Waals surface area contributed by atoms with Crippen LogP contribution < -0.4 is 5.32 Å². The van der Waals surface area contributed by atoms with E-state index in [1.807, 2.05) is 36.9 Å². The molecule has 27 heavy (non-hydrogen) atoms. The van der Waals surface area contributed by atoms with Crippen LogP contribution in [0.25, 0.3) is 0 Å². The van der Waals surface area contributed by atoms with Crippen molar-refractivity contribution in [2.45, 2.75) is 13.8 Å². The predicted molar refractivity (Wildman–Crippen MR) is 108 cm³/mol. The molecule has 1 N–H and O–H groups in total. The summed E-state index contributed by atoms with van der Waals surface area (Å²) in [6.45, 7) is 6.94. The van der Waals surface area contributed by atoms with Gasteiger partial charge in [-0.2, -0.15) is 0 Å². The fraction of sp³-hybridized carbons (Fsp3) is 0.333. The van der Waals surface area contributed by atoms with Crippen molar-refractivity contribution in [1.82, 2.24) is 9.80 Å². The molecule has 0 saturated carbocycles. The topological polar surface area (TPSA) is 52.7 Å². The molecule has 6 heteroatoms. The van der Waals surface area contributed by atoms with E-state index in [2.05, 4.69) is 10.2 Å². The Balaban J connectivity index is 1.50. The number of nitrogens with zero attached hydrogens (tertiary/aromatic N) is 2. The molecular weight excluding hydrogens is 362 g/mol. The van der Waals surface area contributed by atoms with Gasteiger partial charge in [-0.25, -0.2) is 0 Å². The highest BCUT2D eigenvalue weighted by molar-refractivity contribution is 6.30. The van der Waals surface area contributed by atoms with E-state index in [0.29, 0.717) is 43.3 Å². The lowest BCUT2D eigenvalue weighted by Gasteiger charge is -2.34. The van der Waals surface area contributed by atoms with E-state index in [1.165, 1.54) is 0 Å². The van der Waals surface area contributed by atoms with Gasteiger partial charge in [-0.05, 0) is 55.3 Å². The first-order valence-corrected chi connectivity index (χ1v) is 9.45. The van der Waals surface area contributed by atoms with Crippen LogP contribution in [0.2, 0.25) is 5.02 Å². The van der Waals surface area contributed by atoms with E-state index < -0.39 is 0 Å². The number of anilines is 1. The molecule has 5 nitrogen and oxygen atoms in total. The van der Waals surface area contributed by atoms with Crippen LogP contribution in [0.1, 0.15) is 21.5 Å². The van der Waals surface area contributed by atoms with Crippen LogP contribution >= 0.6 is 11.6 Å². The summed E-state index contributed by atoms with van der Waals surface area (Å²) in [5.74, 6) is -0.0210. The van der Waals surface area contributed by atoms with Crippen molar-refractivity contribution in [3.05, 3.63) is 64.2 Å². The molecular formula is C21H24ClN3O2. The third kappa shape index (κ3) is 4.87. The van der Waals surface area contributed by atoms with E-state index in [4.69, 9.17) is 11.6 Å². The van der Waals surface area contributed by atoms with E-state index in [1.54, 1.807) is 24.3 Å². The Hall–Kier alpha value is -2.37. The maximum absolute atomic E-state index is 12.5. The molecule has 1 aliphatic rings. The zero-order valence-electron chi connectivity index (χ0n) is 15.7. The molecule has 3 rings (SSSR count). The van der Waals surface area contributed by atoms with Gasteiger partial charge in [0.1, 0.15) is 0 Å². The highest BCUT2D eigenvalue weighted by atomic mass is 35.5. The number of piperazine rings is 1. The summed E-state index contributed by atoms with van der Waals surface area (Å²) in [6, 6.07) is 12.8. The monoisotopic (exact) mass is 385 g/mol. The maximum atomic E-state index is 12.5. The summed E-state index contributed by atoms with van der Waals surface area (Å²) < 4.78 is 0. The summed E-state index contributed by atoms with van der Waals surface area (Å²) >= 11 is 5.88. The Morgan fingerprint density at radius 3 is 2.33 bits per heavy atom. The largest absolute Gasteiger partial charge is 0.336 e. The molecule has 0 aliphatic carbocycles. The van der Waals surface area contributed by atoms with Crippen molar-refractivity contribution in [1.29, 1.82) is 0 Å². The third-order valence-electron chi connectivity index (χ3n) is 5.00. The smallest absolute Gasteiger partial charge is 0.253 e. The van der Waals surface area contributed by atoms with Gasteiger partial charge in [-0.15, -0.1) is 0 Å². The summed E-state index contributed by atoms with van der Waals surface area (Å²) in [6.07, 6.45) is 0. The van der Waals surface area contributed by atoms with E-state index >= 15 is 0 Å². The van der Waals surface area contributed by atoms with Crippen LogP contribution in [0.5, 0.6) is 0 Å². The minimum Gasteiger partial charge on any atom is -0.336 e. The van der Waals surface area contributed by atoms with Gasteiger partial charge >= 0.3 is 0 Å². The van der Waals surface area contributed by atoms with Crippen LogP contribution in [-0.2, 0) is 4.79 Å². The molecule has 1 fully saturated rings.